The monoisotopic (exact) mass is 241 g/mol. The largest absolute Gasteiger partial charge is 0.393 e. The van der Waals surface area contributed by atoms with Crippen LogP contribution in [0.1, 0.15) is 24.3 Å². The van der Waals surface area contributed by atoms with Crippen LogP contribution in [0, 0.1) is 5.92 Å². The molecule has 0 aromatic carbocycles. The van der Waals surface area contributed by atoms with Crippen LogP contribution in [0.2, 0.25) is 0 Å². The van der Waals surface area contributed by atoms with Crippen molar-refractivity contribution in [2.75, 3.05) is 13.1 Å². The summed E-state index contributed by atoms with van der Waals surface area (Å²) in [5.74, 6) is -0.176. The molecule has 1 atom stereocenters. The van der Waals surface area contributed by atoms with E-state index in [0.717, 1.165) is 0 Å². The first-order valence-corrected chi connectivity index (χ1v) is 5.46. The Morgan fingerprint density at radius 3 is 2.88 bits per heavy atom. The van der Waals surface area contributed by atoms with Crippen LogP contribution in [0.25, 0.3) is 0 Å². The molecule has 0 aliphatic rings. The van der Waals surface area contributed by atoms with Crippen molar-refractivity contribution in [2.24, 2.45) is 11.7 Å². The summed E-state index contributed by atoms with van der Waals surface area (Å²) in [7, 11) is 0. The molecule has 1 heterocycles. The summed E-state index contributed by atoms with van der Waals surface area (Å²) in [5.41, 5.74) is 5.82. The van der Waals surface area contributed by atoms with Gasteiger partial charge < -0.3 is 15.2 Å². The molecule has 1 amide bonds. The smallest absolute Gasteiger partial charge is 0.276 e. The molecule has 0 aliphatic carbocycles. The SMILES string of the molecule is CCN(CC(C)C(N)=S)C(=O)c1ccon1. The van der Waals surface area contributed by atoms with Gasteiger partial charge in [0.2, 0.25) is 0 Å². The van der Waals surface area contributed by atoms with Gasteiger partial charge in [0.25, 0.3) is 5.91 Å². The fraction of sp³-hybridized carbons (Fsp3) is 0.500. The van der Waals surface area contributed by atoms with Crippen molar-refractivity contribution in [1.29, 1.82) is 0 Å². The first-order chi connectivity index (χ1) is 7.56. The molecule has 0 spiro atoms. The Morgan fingerprint density at radius 2 is 2.44 bits per heavy atom. The van der Waals surface area contributed by atoms with E-state index in [2.05, 4.69) is 9.68 Å². The highest BCUT2D eigenvalue weighted by Gasteiger charge is 2.19. The number of hydrogen-bond donors (Lipinski definition) is 1. The highest BCUT2D eigenvalue weighted by Crippen LogP contribution is 2.06. The third kappa shape index (κ3) is 3.03. The molecule has 0 saturated heterocycles. The highest BCUT2D eigenvalue weighted by atomic mass is 32.1. The summed E-state index contributed by atoms with van der Waals surface area (Å²) in [5, 5.41) is 3.61. The Kier molecular flexibility index (Phi) is 4.42. The third-order valence-corrected chi connectivity index (χ3v) is 2.71. The van der Waals surface area contributed by atoms with Gasteiger partial charge in [0.1, 0.15) is 6.26 Å². The van der Waals surface area contributed by atoms with Crippen LogP contribution < -0.4 is 5.73 Å². The Bertz CT molecular complexity index is 364. The van der Waals surface area contributed by atoms with E-state index in [1.165, 1.54) is 12.3 Å². The van der Waals surface area contributed by atoms with Crippen LogP contribution in [0.3, 0.4) is 0 Å². The Labute approximate surface area is 99.6 Å². The van der Waals surface area contributed by atoms with Crippen molar-refractivity contribution in [2.45, 2.75) is 13.8 Å². The predicted molar refractivity (Wildman–Crippen MR) is 64.0 cm³/mol. The Morgan fingerprint density at radius 1 is 1.75 bits per heavy atom. The quantitative estimate of drug-likeness (QED) is 0.780. The van der Waals surface area contributed by atoms with E-state index in [-0.39, 0.29) is 11.8 Å². The molecule has 0 fully saturated rings. The zero-order valence-corrected chi connectivity index (χ0v) is 10.2. The average Bonchev–Trinajstić information content (AvgIpc) is 2.77. The summed E-state index contributed by atoms with van der Waals surface area (Å²) in [6.45, 7) is 4.86. The van der Waals surface area contributed by atoms with Gasteiger partial charge in [0, 0.05) is 25.1 Å². The van der Waals surface area contributed by atoms with Gasteiger partial charge in [-0.15, -0.1) is 0 Å². The van der Waals surface area contributed by atoms with Crippen molar-refractivity contribution in [3.8, 4) is 0 Å². The van der Waals surface area contributed by atoms with Gasteiger partial charge in [0.15, 0.2) is 5.69 Å². The lowest BCUT2D eigenvalue weighted by Gasteiger charge is -2.22. The number of nitrogens with two attached hydrogens (primary N) is 1. The molecule has 0 saturated carbocycles. The van der Waals surface area contributed by atoms with Crippen molar-refractivity contribution in [3.05, 3.63) is 18.0 Å². The molecule has 88 valence electrons. The highest BCUT2D eigenvalue weighted by molar-refractivity contribution is 7.80. The predicted octanol–water partition coefficient (Wildman–Crippen LogP) is 1.06. The van der Waals surface area contributed by atoms with Crippen LogP contribution >= 0.6 is 12.2 Å². The zero-order chi connectivity index (χ0) is 12.1. The standard InChI is InChI=1S/C10H15N3O2S/c1-3-13(6-7(2)9(11)16)10(14)8-4-5-15-12-8/h4-5,7H,3,6H2,1-2H3,(H2,11,16). The van der Waals surface area contributed by atoms with Gasteiger partial charge in [-0.2, -0.15) is 0 Å². The zero-order valence-electron chi connectivity index (χ0n) is 9.34. The first kappa shape index (κ1) is 12.6. The fourth-order valence-corrected chi connectivity index (χ4v) is 1.34. The number of rotatable bonds is 5. The summed E-state index contributed by atoms with van der Waals surface area (Å²) in [6.07, 6.45) is 1.37. The molecule has 0 radical (unpaired) electrons. The molecular weight excluding hydrogens is 226 g/mol. The molecule has 2 N–H and O–H groups in total. The van der Waals surface area contributed by atoms with Gasteiger partial charge in [-0.1, -0.05) is 24.3 Å². The van der Waals surface area contributed by atoms with E-state index >= 15 is 0 Å². The lowest BCUT2D eigenvalue weighted by Crippen LogP contribution is -2.38. The van der Waals surface area contributed by atoms with Crippen molar-refractivity contribution in [3.63, 3.8) is 0 Å². The maximum absolute atomic E-state index is 11.9. The maximum Gasteiger partial charge on any atom is 0.276 e. The van der Waals surface area contributed by atoms with E-state index in [0.29, 0.717) is 23.8 Å². The molecule has 0 bridgehead atoms. The van der Waals surface area contributed by atoms with E-state index in [1.807, 2.05) is 13.8 Å². The van der Waals surface area contributed by atoms with Crippen molar-refractivity contribution < 1.29 is 9.32 Å². The number of carbonyl (C=O) groups is 1. The number of nitrogens with zero attached hydrogens (tertiary/aromatic N) is 2. The van der Waals surface area contributed by atoms with Gasteiger partial charge in [-0.25, -0.2) is 0 Å². The van der Waals surface area contributed by atoms with Crippen LogP contribution in [-0.2, 0) is 0 Å². The molecule has 0 aliphatic heterocycles. The molecule has 1 aromatic rings. The summed E-state index contributed by atoms with van der Waals surface area (Å²) >= 11 is 4.88. The number of hydrogen-bond acceptors (Lipinski definition) is 4. The van der Waals surface area contributed by atoms with Gasteiger partial charge in [0.05, 0.1) is 4.99 Å². The summed E-state index contributed by atoms with van der Waals surface area (Å²) in [4.78, 5) is 14.0. The number of carbonyl (C=O) groups excluding carboxylic acids is 1. The fourth-order valence-electron chi connectivity index (χ4n) is 1.26. The first-order valence-electron chi connectivity index (χ1n) is 5.05. The number of thiocarbonyl (C=S) groups is 1. The second kappa shape index (κ2) is 5.60. The van der Waals surface area contributed by atoms with Crippen LogP contribution in [0.5, 0.6) is 0 Å². The second-order valence-corrected chi connectivity index (χ2v) is 4.00. The Balaban J connectivity index is 2.68. The Hall–Kier alpha value is -1.43. The third-order valence-electron chi connectivity index (χ3n) is 2.31. The van der Waals surface area contributed by atoms with Crippen molar-refractivity contribution >= 4 is 23.1 Å². The lowest BCUT2D eigenvalue weighted by molar-refractivity contribution is 0.0744. The molecule has 16 heavy (non-hydrogen) atoms. The van der Waals surface area contributed by atoms with Crippen LogP contribution in [-0.4, -0.2) is 34.0 Å². The van der Waals surface area contributed by atoms with Gasteiger partial charge >= 0.3 is 0 Å². The van der Waals surface area contributed by atoms with E-state index in [9.17, 15) is 4.79 Å². The minimum Gasteiger partial charge on any atom is -0.393 e. The molecule has 1 rings (SSSR count). The van der Waals surface area contributed by atoms with Crippen LogP contribution in [0.4, 0.5) is 0 Å². The molecule has 5 nitrogen and oxygen atoms in total. The van der Waals surface area contributed by atoms with Gasteiger partial charge in [-0.05, 0) is 6.92 Å². The van der Waals surface area contributed by atoms with E-state index < -0.39 is 0 Å². The maximum atomic E-state index is 11.9. The lowest BCUT2D eigenvalue weighted by atomic mass is 10.1. The molecule has 1 unspecified atom stereocenters. The minimum atomic E-state index is -0.167. The average molecular weight is 241 g/mol. The van der Waals surface area contributed by atoms with E-state index in [1.54, 1.807) is 4.90 Å². The molecular formula is C10H15N3O2S. The van der Waals surface area contributed by atoms with Crippen LogP contribution in [0.15, 0.2) is 16.9 Å². The normalized spacial score (nSPS) is 12.1. The summed E-state index contributed by atoms with van der Waals surface area (Å²) in [6, 6.07) is 1.54. The number of amides is 1. The van der Waals surface area contributed by atoms with Gasteiger partial charge in [-0.3, -0.25) is 4.79 Å². The summed E-state index contributed by atoms with van der Waals surface area (Å²) < 4.78 is 4.63. The molecule has 1 aromatic heterocycles. The topological polar surface area (TPSA) is 72.4 Å². The van der Waals surface area contributed by atoms with Crippen molar-refractivity contribution in [1.82, 2.24) is 10.1 Å². The minimum absolute atomic E-state index is 0.00852. The number of aromatic nitrogens is 1. The van der Waals surface area contributed by atoms with E-state index in [4.69, 9.17) is 18.0 Å². The molecule has 6 heteroatoms. The second-order valence-electron chi connectivity index (χ2n) is 3.53.